The molecule has 1 saturated carbocycles. The molecule has 3 rings (SSSR count). The summed E-state index contributed by atoms with van der Waals surface area (Å²) < 4.78 is 5.27. The van der Waals surface area contributed by atoms with Crippen molar-refractivity contribution in [2.24, 2.45) is 0 Å². The monoisotopic (exact) mass is 302 g/mol. The number of nitrogens with zero attached hydrogens (tertiary/aromatic N) is 3. The highest BCUT2D eigenvalue weighted by molar-refractivity contribution is 6.06. The maximum absolute atomic E-state index is 12.6. The van der Waals surface area contributed by atoms with Crippen LogP contribution in [-0.4, -0.2) is 47.6 Å². The van der Waals surface area contributed by atoms with Crippen molar-refractivity contribution >= 4 is 17.0 Å². The molecule has 0 saturated heterocycles. The molecule has 0 bridgehead atoms. The Morgan fingerprint density at radius 2 is 2.23 bits per heavy atom. The highest BCUT2D eigenvalue weighted by atomic mass is 16.5. The topological polar surface area (TPSA) is 71.3 Å². The second kappa shape index (κ2) is 5.68. The summed E-state index contributed by atoms with van der Waals surface area (Å²) in [5.74, 6) is 0.372. The van der Waals surface area contributed by atoms with Crippen LogP contribution in [0.15, 0.2) is 10.6 Å². The summed E-state index contributed by atoms with van der Waals surface area (Å²) in [6.45, 7) is 4.50. The van der Waals surface area contributed by atoms with E-state index in [2.05, 4.69) is 27.3 Å². The minimum absolute atomic E-state index is 0.0886. The summed E-state index contributed by atoms with van der Waals surface area (Å²) in [4.78, 5) is 19.2. The van der Waals surface area contributed by atoms with E-state index in [1.165, 1.54) is 0 Å². The van der Waals surface area contributed by atoms with E-state index in [1.54, 1.807) is 0 Å². The van der Waals surface area contributed by atoms with E-state index in [0.29, 0.717) is 29.4 Å². The van der Waals surface area contributed by atoms with Crippen molar-refractivity contribution in [1.82, 2.24) is 20.4 Å². The number of aromatic nitrogens is 2. The number of amides is 1. The van der Waals surface area contributed by atoms with Gasteiger partial charge in [-0.1, -0.05) is 5.16 Å². The van der Waals surface area contributed by atoms with Crippen LogP contribution in [0.5, 0.6) is 0 Å². The van der Waals surface area contributed by atoms with Gasteiger partial charge in [0.2, 0.25) is 0 Å². The third-order valence-electron chi connectivity index (χ3n) is 4.32. The first-order valence-corrected chi connectivity index (χ1v) is 7.69. The van der Waals surface area contributed by atoms with Crippen molar-refractivity contribution < 1.29 is 9.32 Å². The molecule has 0 spiro atoms. The number of pyridine rings is 1. The summed E-state index contributed by atoms with van der Waals surface area (Å²) >= 11 is 0. The molecule has 1 atom stereocenters. The number of carbonyl (C=O) groups is 1. The summed E-state index contributed by atoms with van der Waals surface area (Å²) in [6.07, 6.45) is 2.26. The van der Waals surface area contributed by atoms with Crippen LogP contribution in [0.25, 0.3) is 11.1 Å². The first-order chi connectivity index (χ1) is 10.5. The van der Waals surface area contributed by atoms with Gasteiger partial charge in [0.15, 0.2) is 0 Å². The Balaban J connectivity index is 1.90. The molecule has 0 unspecified atom stereocenters. The third-order valence-corrected chi connectivity index (χ3v) is 4.32. The zero-order valence-electron chi connectivity index (χ0n) is 13.5. The minimum Gasteiger partial charge on any atom is -0.350 e. The number of carbonyl (C=O) groups excluding carboxylic acids is 1. The van der Waals surface area contributed by atoms with Crippen molar-refractivity contribution in [2.45, 2.75) is 38.6 Å². The predicted molar refractivity (Wildman–Crippen MR) is 84.0 cm³/mol. The smallest absolute Gasteiger partial charge is 0.259 e. The standard InChI is InChI=1S/C16H22N4O2/c1-9(20(3)4)8-17-15(21)12-7-13(11-5-6-11)18-16-14(12)10(2)19-22-16/h7,9,11H,5-6,8H2,1-4H3,(H,17,21)/t9-/m0/s1. The zero-order valence-corrected chi connectivity index (χ0v) is 13.5. The lowest BCUT2D eigenvalue weighted by Gasteiger charge is -2.20. The molecule has 0 radical (unpaired) electrons. The SMILES string of the molecule is Cc1noc2nc(C3CC3)cc(C(=O)NC[C@H](C)N(C)C)c12. The second-order valence-electron chi connectivity index (χ2n) is 6.34. The van der Waals surface area contributed by atoms with Gasteiger partial charge in [-0.3, -0.25) is 4.79 Å². The summed E-state index contributed by atoms with van der Waals surface area (Å²) in [5, 5.41) is 7.68. The Labute approximate surface area is 129 Å². The average Bonchev–Trinajstić information content (AvgIpc) is 3.28. The number of hydrogen-bond donors (Lipinski definition) is 1. The summed E-state index contributed by atoms with van der Waals surface area (Å²) in [5.41, 5.74) is 2.73. The Hall–Kier alpha value is -1.95. The molecule has 118 valence electrons. The van der Waals surface area contributed by atoms with Crippen LogP contribution < -0.4 is 5.32 Å². The van der Waals surface area contributed by atoms with E-state index in [1.807, 2.05) is 27.1 Å². The highest BCUT2D eigenvalue weighted by Crippen LogP contribution is 2.40. The maximum Gasteiger partial charge on any atom is 0.259 e. The van der Waals surface area contributed by atoms with Gasteiger partial charge < -0.3 is 14.7 Å². The lowest BCUT2D eigenvalue weighted by atomic mass is 10.1. The molecule has 22 heavy (non-hydrogen) atoms. The van der Waals surface area contributed by atoms with Crippen molar-refractivity contribution in [2.75, 3.05) is 20.6 Å². The van der Waals surface area contributed by atoms with E-state index < -0.39 is 0 Å². The van der Waals surface area contributed by atoms with E-state index in [4.69, 9.17) is 4.52 Å². The van der Waals surface area contributed by atoms with Crippen LogP contribution in [0.1, 0.15) is 47.4 Å². The van der Waals surface area contributed by atoms with Gasteiger partial charge in [-0.05, 0) is 46.9 Å². The predicted octanol–water partition coefficient (Wildman–Crippen LogP) is 2.09. The lowest BCUT2D eigenvalue weighted by molar-refractivity contribution is 0.0945. The molecule has 1 amide bonds. The Bertz CT molecular complexity index is 703. The fourth-order valence-electron chi connectivity index (χ4n) is 2.40. The number of nitrogens with one attached hydrogen (secondary N) is 1. The van der Waals surface area contributed by atoms with E-state index in [9.17, 15) is 4.79 Å². The van der Waals surface area contributed by atoms with Gasteiger partial charge >= 0.3 is 0 Å². The molecule has 0 aliphatic heterocycles. The van der Waals surface area contributed by atoms with E-state index in [-0.39, 0.29) is 11.9 Å². The second-order valence-corrected chi connectivity index (χ2v) is 6.34. The maximum atomic E-state index is 12.6. The summed E-state index contributed by atoms with van der Waals surface area (Å²) in [6, 6.07) is 2.17. The van der Waals surface area contributed by atoms with Gasteiger partial charge in [0, 0.05) is 24.2 Å². The van der Waals surface area contributed by atoms with Gasteiger partial charge in [-0.15, -0.1) is 0 Å². The van der Waals surface area contributed by atoms with Gasteiger partial charge in [0.25, 0.3) is 11.6 Å². The minimum atomic E-state index is -0.0886. The van der Waals surface area contributed by atoms with Gasteiger partial charge in [0.05, 0.1) is 16.6 Å². The molecule has 0 aromatic carbocycles. The van der Waals surface area contributed by atoms with E-state index >= 15 is 0 Å². The summed E-state index contributed by atoms with van der Waals surface area (Å²) in [7, 11) is 3.99. The van der Waals surface area contributed by atoms with Gasteiger partial charge in [0.1, 0.15) is 0 Å². The first kappa shape index (κ1) is 15.0. The molecule has 6 nitrogen and oxygen atoms in total. The molecule has 6 heteroatoms. The molecule has 1 fully saturated rings. The molecular formula is C16H22N4O2. The number of rotatable bonds is 5. The zero-order chi connectivity index (χ0) is 15.9. The van der Waals surface area contributed by atoms with Crippen molar-refractivity contribution in [3.05, 3.63) is 23.0 Å². The Kier molecular flexibility index (Phi) is 3.87. The van der Waals surface area contributed by atoms with E-state index in [0.717, 1.165) is 23.9 Å². The van der Waals surface area contributed by atoms with Crippen LogP contribution in [0, 0.1) is 6.92 Å². The number of fused-ring (bicyclic) bond motifs is 1. The van der Waals surface area contributed by atoms with Crippen molar-refractivity contribution in [3.8, 4) is 0 Å². The van der Waals surface area contributed by atoms with Crippen molar-refractivity contribution in [3.63, 3.8) is 0 Å². The molecule has 2 aromatic heterocycles. The third kappa shape index (κ3) is 2.83. The fraction of sp³-hybridized carbons (Fsp3) is 0.562. The molecule has 1 N–H and O–H groups in total. The highest BCUT2D eigenvalue weighted by Gasteiger charge is 2.28. The van der Waals surface area contributed by atoms with Crippen LogP contribution >= 0.6 is 0 Å². The van der Waals surface area contributed by atoms with Gasteiger partial charge in [-0.25, -0.2) is 4.98 Å². The Morgan fingerprint density at radius 3 is 2.86 bits per heavy atom. The molecule has 1 aliphatic carbocycles. The van der Waals surface area contributed by atoms with Crippen LogP contribution in [0.4, 0.5) is 0 Å². The average molecular weight is 302 g/mol. The molecule has 1 aliphatic rings. The number of hydrogen-bond acceptors (Lipinski definition) is 5. The van der Waals surface area contributed by atoms with Crippen LogP contribution in [0.3, 0.4) is 0 Å². The first-order valence-electron chi connectivity index (χ1n) is 7.69. The molecular weight excluding hydrogens is 280 g/mol. The largest absolute Gasteiger partial charge is 0.350 e. The van der Waals surface area contributed by atoms with Crippen LogP contribution in [0.2, 0.25) is 0 Å². The normalized spacial score (nSPS) is 16.2. The number of likely N-dealkylation sites (N-methyl/N-ethyl adjacent to an activating group) is 1. The molecule has 2 aromatic rings. The fourth-order valence-corrected chi connectivity index (χ4v) is 2.40. The van der Waals surface area contributed by atoms with Crippen molar-refractivity contribution in [1.29, 1.82) is 0 Å². The Morgan fingerprint density at radius 1 is 1.50 bits per heavy atom. The van der Waals surface area contributed by atoms with Gasteiger partial charge in [-0.2, -0.15) is 0 Å². The quantitative estimate of drug-likeness (QED) is 0.915. The number of aryl methyl sites for hydroxylation is 1. The van der Waals surface area contributed by atoms with Crippen LogP contribution in [-0.2, 0) is 0 Å². The lowest BCUT2D eigenvalue weighted by Crippen LogP contribution is -2.38. The molecule has 2 heterocycles.